The fourth-order valence-corrected chi connectivity index (χ4v) is 2.84. The highest BCUT2D eigenvalue weighted by Gasteiger charge is 2.35. The molecule has 6 heteroatoms. The monoisotopic (exact) mass is 394 g/mol. The van der Waals surface area contributed by atoms with Gasteiger partial charge in [0.05, 0.1) is 24.4 Å². The summed E-state index contributed by atoms with van der Waals surface area (Å²) in [5, 5.41) is 38.9. The zero-order valence-corrected chi connectivity index (χ0v) is 16.6. The average molecular weight is 395 g/mol. The predicted molar refractivity (Wildman–Crippen MR) is 109 cm³/mol. The first-order chi connectivity index (χ1) is 13.4. The van der Waals surface area contributed by atoms with E-state index < -0.39 is 36.5 Å². The van der Waals surface area contributed by atoms with Crippen molar-refractivity contribution >= 4 is 5.97 Å². The minimum Gasteiger partial charge on any atom is -0.481 e. The van der Waals surface area contributed by atoms with Crippen LogP contribution in [0.5, 0.6) is 0 Å². The molecule has 1 aliphatic rings. The zero-order valence-electron chi connectivity index (χ0n) is 16.6. The SMILES string of the molecule is CC/C=C\C/C=C\C[C@@H](O)/C=C/[C@H]1O[C@H]([C@@H](O)C/C=C\CCC(=O)O)C[C@H]1O. The number of carboxylic acid groups (broad SMARTS) is 1. The highest BCUT2D eigenvalue weighted by atomic mass is 16.5. The van der Waals surface area contributed by atoms with Gasteiger partial charge in [0.1, 0.15) is 6.10 Å². The number of rotatable bonds is 13. The molecule has 0 amide bonds. The minimum absolute atomic E-state index is 0.0606. The molecule has 158 valence electrons. The first-order valence-electron chi connectivity index (χ1n) is 9.98. The second kappa shape index (κ2) is 14.3. The van der Waals surface area contributed by atoms with Gasteiger partial charge in [-0.25, -0.2) is 0 Å². The Hall–Kier alpha value is -1.73. The topological polar surface area (TPSA) is 107 Å². The van der Waals surface area contributed by atoms with E-state index >= 15 is 0 Å². The molecule has 1 fully saturated rings. The van der Waals surface area contributed by atoms with Gasteiger partial charge < -0.3 is 25.2 Å². The molecular weight excluding hydrogens is 360 g/mol. The van der Waals surface area contributed by atoms with Crippen LogP contribution in [-0.4, -0.2) is 56.9 Å². The Labute approximate surface area is 167 Å². The highest BCUT2D eigenvalue weighted by Crippen LogP contribution is 2.25. The van der Waals surface area contributed by atoms with Crippen molar-refractivity contribution in [3.63, 3.8) is 0 Å². The molecule has 1 saturated heterocycles. The van der Waals surface area contributed by atoms with Gasteiger partial charge in [-0.15, -0.1) is 0 Å². The summed E-state index contributed by atoms with van der Waals surface area (Å²) in [4.78, 5) is 10.4. The first-order valence-corrected chi connectivity index (χ1v) is 9.98. The van der Waals surface area contributed by atoms with E-state index in [0.29, 0.717) is 25.7 Å². The van der Waals surface area contributed by atoms with E-state index in [-0.39, 0.29) is 6.42 Å². The third kappa shape index (κ3) is 10.6. The second-order valence-corrected chi connectivity index (χ2v) is 6.92. The predicted octanol–water partition coefficient (Wildman–Crippen LogP) is 2.90. The van der Waals surface area contributed by atoms with E-state index in [2.05, 4.69) is 19.1 Å². The van der Waals surface area contributed by atoms with Crippen molar-refractivity contribution < 1.29 is 30.0 Å². The van der Waals surface area contributed by atoms with E-state index in [1.54, 1.807) is 24.3 Å². The molecule has 5 atom stereocenters. The van der Waals surface area contributed by atoms with Gasteiger partial charge in [0, 0.05) is 12.8 Å². The van der Waals surface area contributed by atoms with Crippen molar-refractivity contribution in [2.75, 3.05) is 0 Å². The van der Waals surface area contributed by atoms with E-state index in [0.717, 1.165) is 12.8 Å². The van der Waals surface area contributed by atoms with Crippen LogP contribution in [0.3, 0.4) is 0 Å². The molecule has 1 rings (SSSR count). The summed E-state index contributed by atoms with van der Waals surface area (Å²) in [6, 6.07) is 0. The molecule has 0 aliphatic carbocycles. The lowest BCUT2D eigenvalue weighted by molar-refractivity contribution is -0.136. The molecule has 0 saturated carbocycles. The number of aliphatic hydroxyl groups excluding tert-OH is 3. The molecular formula is C22H34O6. The summed E-state index contributed by atoms with van der Waals surface area (Å²) in [6.45, 7) is 2.08. The number of hydrogen-bond acceptors (Lipinski definition) is 5. The van der Waals surface area contributed by atoms with Gasteiger partial charge in [0.2, 0.25) is 0 Å². The summed E-state index contributed by atoms with van der Waals surface area (Å²) in [6.07, 6.45) is 15.1. The van der Waals surface area contributed by atoms with Gasteiger partial charge in [-0.05, 0) is 32.1 Å². The summed E-state index contributed by atoms with van der Waals surface area (Å²) >= 11 is 0. The van der Waals surface area contributed by atoms with E-state index in [4.69, 9.17) is 9.84 Å². The lowest BCUT2D eigenvalue weighted by Gasteiger charge is -2.16. The van der Waals surface area contributed by atoms with Crippen LogP contribution in [0, 0.1) is 0 Å². The Morgan fingerprint density at radius 2 is 1.82 bits per heavy atom. The Bertz CT molecular complexity index is 551. The van der Waals surface area contributed by atoms with Crippen molar-refractivity contribution in [1.29, 1.82) is 0 Å². The average Bonchev–Trinajstić information content (AvgIpc) is 3.03. The van der Waals surface area contributed by atoms with Crippen LogP contribution in [0.15, 0.2) is 48.6 Å². The Balaban J connectivity index is 2.34. The highest BCUT2D eigenvalue weighted by molar-refractivity contribution is 5.66. The normalized spacial score (nSPS) is 25.5. The Kier molecular flexibility index (Phi) is 12.4. The molecule has 0 aromatic rings. The van der Waals surface area contributed by atoms with E-state index in [9.17, 15) is 20.1 Å². The van der Waals surface area contributed by atoms with Crippen LogP contribution in [0.2, 0.25) is 0 Å². The maximum Gasteiger partial charge on any atom is 0.303 e. The van der Waals surface area contributed by atoms with Gasteiger partial charge in [-0.1, -0.05) is 55.5 Å². The Morgan fingerprint density at radius 3 is 2.54 bits per heavy atom. The number of allylic oxidation sites excluding steroid dienone is 4. The van der Waals surface area contributed by atoms with Crippen molar-refractivity contribution in [2.24, 2.45) is 0 Å². The van der Waals surface area contributed by atoms with Crippen LogP contribution in [0.4, 0.5) is 0 Å². The number of ether oxygens (including phenoxy) is 1. The van der Waals surface area contributed by atoms with Gasteiger partial charge in [-0.3, -0.25) is 4.79 Å². The smallest absolute Gasteiger partial charge is 0.303 e. The molecule has 0 spiro atoms. The molecule has 0 radical (unpaired) electrons. The maximum atomic E-state index is 10.4. The van der Waals surface area contributed by atoms with Gasteiger partial charge >= 0.3 is 5.97 Å². The molecule has 1 aliphatic heterocycles. The quantitative estimate of drug-likeness (QED) is 0.358. The van der Waals surface area contributed by atoms with Crippen LogP contribution < -0.4 is 0 Å². The van der Waals surface area contributed by atoms with E-state index in [1.165, 1.54) is 0 Å². The van der Waals surface area contributed by atoms with Crippen LogP contribution in [-0.2, 0) is 9.53 Å². The molecule has 4 N–H and O–H groups in total. The molecule has 0 aromatic heterocycles. The molecule has 0 bridgehead atoms. The summed E-state index contributed by atoms with van der Waals surface area (Å²) in [7, 11) is 0. The number of carbonyl (C=O) groups is 1. The van der Waals surface area contributed by atoms with Crippen molar-refractivity contribution in [3.8, 4) is 0 Å². The largest absolute Gasteiger partial charge is 0.481 e. The number of aliphatic hydroxyl groups is 3. The lowest BCUT2D eigenvalue weighted by Crippen LogP contribution is -2.25. The van der Waals surface area contributed by atoms with Gasteiger partial charge in [0.15, 0.2) is 0 Å². The second-order valence-electron chi connectivity index (χ2n) is 6.92. The van der Waals surface area contributed by atoms with Crippen LogP contribution in [0.1, 0.15) is 51.9 Å². The summed E-state index contributed by atoms with van der Waals surface area (Å²) in [5.74, 6) is -0.854. The number of aliphatic carboxylic acids is 1. The third-order valence-corrected chi connectivity index (χ3v) is 4.42. The maximum absolute atomic E-state index is 10.4. The standard InChI is InChI=1S/C22H34O6/c1-2-3-4-5-6-8-11-17(23)14-15-20-19(25)16-21(28-20)18(24)12-9-7-10-13-22(26)27/h3-4,6-9,14-15,17-21,23-25H,2,5,10-13,16H2,1H3,(H,26,27)/b4-3-,8-6-,9-7-,15-14+/t17-,18+,19-,20-,21+/m1/s1. The molecule has 0 unspecified atom stereocenters. The van der Waals surface area contributed by atoms with E-state index in [1.807, 2.05) is 12.2 Å². The minimum atomic E-state index is -0.854. The molecule has 0 aromatic carbocycles. The zero-order chi connectivity index (χ0) is 20.8. The summed E-state index contributed by atoms with van der Waals surface area (Å²) in [5.41, 5.74) is 0. The fraction of sp³-hybridized carbons (Fsp3) is 0.591. The summed E-state index contributed by atoms with van der Waals surface area (Å²) < 4.78 is 5.70. The third-order valence-electron chi connectivity index (χ3n) is 4.42. The molecule has 28 heavy (non-hydrogen) atoms. The molecule has 6 nitrogen and oxygen atoms in total. The molecule has 1 heterocycles. The fourth-order valence-electron chi connectivity index (χ4n) is 2.84. The van der Waals surface area contributed by atoms with Crippen LogP contribution in [0.25, 0.3) is 0 Å². The van der Waals surface area contributed by atoms with Crippen molar-refractivity contribution in [3.05, 3.63) is 48.6 Å². The van der Waals surface area contributed by atoms with Crippen molar-refractivity contribution in [1.82, 2.24) is 0 Å². The number of hydrogen-bond donors (Lipinski definition) is 4. The first kappa shape index (κ1) is 24.3. The van der Waals surface area contributed by atoms with Gasteiger partial charge in [-0.2, -0.15) is 0 Å². The Morgan fingerprint density at radius 1 is 1.11 bits per heavy atom. The lowest BCUT2D eigenvalue weighted by atomic mass is 10.0. The van der Waals surface area contributed by atoms with Crippen LogP contribution >= 0.6 is 0 Å². The van der Waals surface area contributed by atoms with Crippen molar-refractivity contribution in [2.45, 2.75) is 82.4 Å². The van der Waals surface area contributed by atoms with Gasteiger partial charge in [0.25, 0.3) is 0 Å². The number of carboxylic acids is 1.